The summed E-state index contributed by atoms with van der Waals surface area (Å²) in [5.41, 5.74) is 3.45. The van der Waals surface area contributed by atoms with Crippen LogP contribution in [-0.4, -0.2) is 31.7 Å². The van der Waals surface area contributed by atoms with E-state index in [0.717, 1.165) is 41.3 Å². The Morgan fingerprint density at radius 3 is 2.41 bits per heavy atom. The average molecular weight is 391 g/mol. The van der Waals surface area contributed by atoms with E-state index in [0.29, 0.717) is 12.2 Å². The number of nitrogens with one attached hydrogen (secondary N) is 2. The molecule has 0 aliphatic rings. The maximum atomic E-state index is 12.2. The first kappa shape index (κ1) is 20.2. The van der Waals surface area contributed by atoms with Crippen molar-refractivity contribution in [3.05, 3.63) is 83.7 Å². The molecule has 2 N–H and O–H groups in total. The van der Waals surface area contributed by atoms with Crippen LogP contribution in [0.4, 0.5) is 5.69 Å². The molecule has 0 aliphatic heterocycles. The number of amides is 1. The molecule has 0 fully saturated rings. The lowest BCUT2D eigenvalue weighted by Gasteiger charge is -2.11. The fraction of sp³-hybridized carbons (Fsp3) is 0.217. The third kappa shape index (κ3) is 5.72. The van der Waals surface area contributed by atoms with Gasteiger partial charge in [0.05, 0.1) is 26.1 Å². The van der Waals surface area contributed by atoms with E-state index in [2.05, 4.69) is 15.6 Å². The lowest BCUT2D eigenvalue weighted by atomic mass is 10.1. The van der Waals surface area contributed by atoms with Gasteiger partial charge in [-0.1, -0.05) is 36.4 Å². The van der Waals surface area contributed by atoms with Crippen molar-refractivity contribution < 1.29 is 14.3 Å². The van der Waals surface area contributed by atoms with Gasteiger partial charge in [0.1, 0.15) is 5.69 Å². The number of anilines is 1. The molecule has 1 aromatic heterocycles. The van der Waals surface area contributed by atoms with Crippen LogP contribution in [0, 0.1) is 0 Å². The second kappa shape index (κ2) is 10.1. The number of pyridine rings is 1. The van der Waals surface area contributed by atoms with Gasteiger partial charge in [0.2, 0.25) is 0 Å². The van der Waals surface area contributed by atoms with Crippen molar-refractivity contribution in [2.24, 2.45) is 0 Å². The molecule has 6 heteroatoms. The minimum absolute atomic E-state index is 0.189. The number of ether oxygens (including phenoxy) is 2. The van der Waals surface area contributed by atoms with E-state index in [4.69, 9.17) is 9.47 Å². The smallest absolute Gasteiger partial charge is 0.270 e. The quantitative estimate of drug-likeness (QED) is 0.582. The average Bonchev–Trinajstić information content (AvgIpc) is 2.78. The molecular weight excluding hydrogens is 366 g/mol. The van der Waals surface area contributed by atoms with Crippen molar-refractivity contribution >= 4 is 11.6 Å². The normalized spacial score (nSPS) is 10.3. The molecule has 3 aromatic rings. The van der Waals surface area contributed by atoms with Gasteiger partial charge in [-0.3, -0.25) is 4.79 Å². The standard InChI is InChI=1S/C23H25N3O3/c1-28-21-11-8-17(14-22(21)29-2)12-13-24-19-9-10-20(25-16-19)23(27)26-15-18-6-4-3-5-7-18/h3-11,14,16,24H,12-13,15H2,1-2H3,(H,26,27). The Bertz CT molecular complexity index is 928. The Morgan fingerprint density at radius 1 is 0.931 bits per heavy atom. The Labute approximate surface area is 170 Å². The van der Waals surface area contributed by atoms with Crippen molar-refractivity contribution in [1.29, 1.82) is 0 Å². The summed E-state index contributed by atoms with van der Waals surface area (Å²) in [6.45, 7) is 1.21. The van der Waals surface area contributed by atoms with Crippen LogP contribution < -0.4 is 20.1 Å². The van der Waals surface area contributed by atoms with E-state index in [1.807, 2.05) is 54.6 Å². The molecule has 1 heterocycles. The molecule has 0 aliphatic carbocycles. The first-order valence-electron chi connectivity index (χ1n) is 9.42. The first-order valence-corrected chi connectivity index (χ1v) is 9.42. The van der Waals surface area contributed by atoms with E-state index in [-0.39, 0.29) is 5.91 Å². The molecule has 2 aromatic carbocycles. The molecule has 0 atom stereocenters. The minimum Gasteiger partial charge on any atom is -0.493 e. The molecule has 0 bridgehead atoms. The van der Waals surface area contributed by atoms with Gasteiger partial charge >= 0.3 is 0 Å². The highest BCUT2D eigenvalue weighted by molar-refractivity contribution is 5.92. The zero-order valence-corrected chi connectivity index (χ0v) is 16.6. The summed E-state index contributed by atoms with van der Waals surface area (Å²) >= 11 is 0. The van der Waals surface area contributed by atoms with Gasteiger partial charge in [-0.25, -0.2) is 4.98 Å². The number of carbonyl (C=O) groups is 1. The van der Waals surface area contributed by atoms with Gasteiger partial charge in [0.25, 0.3) is 5.91 Å². The number of carbonyl (C=O) groups excluding carboxylic acids is 1. The largest absolute Gasteiger partial charge is 0.493 e. The van der Waals surface area contributed by atoms with E-state index >= 15 is 0 Å². The summed E-state index contributed by atoms with van der Waals surface area (Å²) in [6, 6.07) is 19.3. The second-order valence-electron chi connectivity index (χ2n) is 6.47. The highest BCUT2D eigenvalue weighted by Gasteiger charge is 2.07. The number of rotatable bonds is 9. The van der Waals surface area contributed by atoms with Crippen LogP contribution in [-0.2, 0) is 13.0 Å². The van der Waals surface area contributed by atoms with Crippen LogP contribution in [0.3, 0.4) is 0 Å². The van der Waals surface area contributed by atoms with Gasteiger partial charge in [-0.2, -0.15) is 0 Å². The highest BCUT2D eigenvalue weighted by atomic mass is 16.5. The second-order valence-corrected chi connectivity index (χ2v) is 6.47. The minimum atomic E-state index is -0.189. The van der Waals surface area contributed by atoms with Crippen molar-refractivity contribution in [3.8, 4) is 11.5 Å². The van der Waals surface area contributed by atoms with Crippen LogP contribution in [0.15, 0.2) is 66.9 Å². The van der Waals surface area contributed by atoms with Gasteiger partial charge in [-0.15, -0.1) is 0 Å². The highest BCUT2D eigenvalue weighted by Crippen LogP contribution is 2.27. The Kier molecular flexibility index (Phi) is 7.05. The van der Waals surface area contributed by atoms with Crippen molar-refractivity contribution in [2.75, 3.05) is 26.1 Å². The molecule has 0 unspecified atom stereocenters. The van der Waals surface area contributed by atoms with E-state index in [1.165, 1.54) is 0 Å². The molecule has 1 amide bonds. The topological polar surface area (TPSA) is 72.5 Å². The summed E-state index contributed by atoms with van der Waals surface area (Å²) < 4.78 is 10.6. The summed E-state index contributed by atoms with van der Waals surface area (Å²) in [6.07, 6.45) is 2.49. The molecule has 0 radical (unpaired) electrons. The number of methoxy groups -OCH3 is 2. The van der Waals surface area contributed by atoms with E-state index in [9.17, 15) is 4.79 Å². The van der Waals surface area contributed by atoms with Crippen LogP contribution in [0.25, 0.3) is 0 Å². The molecule has 3 rings (SSSR count). The number of benzene rings is 2. The lowest BCUT2D eigenvalue weighted by Crippen LogP contribution is -2.23. The van der Waals surface area contributed by atoms with Crippen LogP contribution in [0.2, 0.25) is 0 Å². The third-order valence-corrected chi connectivity index (χ3v) is 4.48. The summed E-state index contributed by atoms with van der Waals surface area (Å²) in [5.74, 6) is 1.25. The lowest BCUT2D eigenvalue weighted by molar-refractivity contribution is 0.0946. The van der Waals surface area contributed by atoms with Crippen molar-refractivity contribution in [1.82, 2.24) is 10.3 Å². The Morgan fingerprint density at radius 2 is 1.72 bits per heavy atom. The molecule has 29 heavy (non-hydrogen) atoms. The summed E-state index contributed by atoms with van der Waals surface area (Å²) in [4.78, 5) is 16.5. The van der Waals surface area contributed by atoms with Gasteiger partial charge in [-0.05, 0) is 41.8 Å². The fourth-order valence-corrected chi connectivity index (χ4v) is 2.89. The zero-order chi connectivity index (χ0) is 20.5. The van der Waals surface area contributed by atoms with Gasteiger partial charge in [0, 0.05) is 13.1 Å². The summed E-state index contributed by atoms with van der Waals surface area (Å²) in [5, 5.41) is 6.19. The maximum absolute atomic E-state index is 12.2. The maximum Gasteiger partial charge on any atom is 0.270 e. The molecular formula is C23H25N3O3. The third-order valence-electron chi connectivity index (χ3n) is 4.48. The van der Waals surface area contributed by atoms with Crippen LogP contribution in [0.1, 0.15) is 21.6 Å². The SMILES string of the molecule is COc1ccc(CCNc2ccc(C(=O)NCc3ccccc3)nc2)cc1OC. The predicted octanol–water partition coefficient (Wildman–Crippen LogP) is 3.68. The van der Waals surface area contributed by atoms with Crippen molar-refractivity contribution in [2.45, 2.75) is 13.0 Å². The first-order chi connectivity index (χ1) is 14.2. The van der Waals surface area contributed by atoms with Crippen molar-refractivity contribution in [3.63, 3.8) is 0 Å². The van der Waals surface area contributed by atoms with E-state index in [1.54, 1.807) is 26.5 Å². The summed E-state index contributed by atoms with van der Waals surface area (Å²) in [7, 11) is 3.25. The number of aromatic nitrogens is 1. The fourth-order valence-electron chi connectivity index (χ4n) is 2.89. The van der Waals surface area contributed by atoms with Crippen LogP contribution >= 0.6 is 0 Å². The molecule has 6 nitrogen and oxygen atoms in total. The van der Waals surface area contributed by atoms with Crippen LogP contribution in [0.5, 0.6) is 11.5 Å². The number of hydrogen-bond acceptors (Lipinski definition) is 5. The monoisotopic (exact) mass is 391 g/mol. The van der Waals surface area contributed by atoms with E-state index < -0.39 is 0 Å². The van der Waals surface area contributed by atoms with Gasteiger partial charge < -0.3 is 20.1 Å². The number of nitrogens with zero attached hydrogens (tertiary/aromatic N) is 1. The predicted molar refractivity (Wildman–Crippen MR) is 114 cm³/mol. The number of hydrogen-bond donors (Lipinski definition) is 2. The Balaban J connectivity index is 1.48. The zero-order valence-electron chi connectivity index (χ0n) is 16.6. The molecule has 0 saturated carbocycles. The Hall–Kier alpha value is -3.54. The molecule has 0 spiro atoms. The molecule has 0 saturated heterocycles. The van der Waals surface area contributed by atoms with Gasteiger partial charge in [0.15, 0.2) is 11.5 Å². The molecule has 150 valence electrons.